The van der Waals surface area contributed by atoms with Gasteiger partial charge in [-0.15, -0.1) is 0 Å². The highest BCUT2D eigenvalue weighted by Crippen LogP contribution is 2.40. The van der Waals surface area contributed by atoms with E-state index in [1.165, 1.54) is 43.3 Å². The summed E-state index contributed by atoms with van der Waals surface area (Å²) in [5.41, 5.74) is -0.414. The van der Waals surface area contributed by atoms with E-state index in [9.17, 15) is 35.6 Å². The van der Waals surface area contributed by atoms with E-state index in [4.69, 9.17) is 4.74 Å². The molecule has 0 saturated heterocycles. The van der Waals surface area contributed by atoms with Crippen LogP contribution in [-0.2, 0) is 19.6 Å². The Bertz CT molecular complexity index is 1480. The van der Waals surface area contributed by atoms with Crippen LogP contribution >= 0.6 is 0 Å². The number of ether oxygens (including phenoxy) is 2. The zero-order valence-electron chi connectivity index (χ0n) is 20.8. The van der Waals surface area contributed by atoms with Crippen LogP contribution in [0.4, 0.5) is 33.7 Å². The van der Waals surface area contributed by atoms with Crippen LogP contribution in [0.25, 0.3) is 0 Å². The van der Waals surface area contributed by atoms with Gasteiger partial charge < -0.3 is 14.8 Å². The summed E-state index contributed by atoms with van der Waals surface area (Å²) in [5.74, 6) is -0.959. The van der Waals surface area contributed by atoms with Crippen LogP contribution in [-0.4, -0.2) is 45.8 Å². The maximum absolute atomic E-state index is 13.6. The van der Waals surface area contributed by atoms with Crippen molar-refractivity contribution in [3.8, 4) is 5.75 Å². The summed E-state index contributed by atoms with van der Waals surface area (Å²) in [6, 6.07) is 14.5. The Labute approximate surface area is 226 Å². The Morgan fingerprint density at radius 1 is 1.07 bits per heavy atom. The third-order valence-corrected chi connectivity index (χ3v) is 7.54. The van der Waals surface area contributed by atoms with Gasteiger partial charge >= 0.3 is 12.3 Å². The number of fused-ring (bicyclic) bond motifs is 1. The van der Waals surface area contributed by atoms with Crippen molar-refractivity contribution in [2.75, 3.05) is 22.7 Å². The quantitative estimate of drug-likeness (QED) is 0.389. The Morgan fingerprint density at radius 2 is 1.75 bits per heavy atom. The maximum atomic E-state index is 13.6. The van der Waals surface area contributed by atoms with Gasteiger partial charge in [0, 0.05) is 18.2 Å². The van der Waals surface area contributed by atoms with Crippen LogP contribution in [0.1, 0.15) is 18.6 Å². The smallest absolute Gasteiger partial charge is 0.429 e. The van der Waals surface area contributed by atoms with Crippen molar-refractivity contribution in [3.63, 3.8) is 0 Å². The average Bonchev–Trinajstić information content (AvgIpc) is 2.90. The van der Waals surface area contributed by atoms with E-state index in [1.54, 1.807) is 0 Å². The highest BCUT2D eigenvalue weighted by atomic mass is 32.2. The van der Waals surface area contributed by atoms with Crippen molar-refractivity contribution < 1.29 is 45.0 Å². The lowest BCUT2D eigenvalue weighted by molar-refractivity contribution is -0.205. The molecule has 0 fully saturated rings. The fourth-order valence-corrected chi connectivity index (χ4v) is 5.42. The van der Waals surface area contributed by atoms with E-state index in [2.05, 4.69) is 15.4 Å². The second kappa shape index (κ2) is 11.4. The van der Waals surface area contributed by atoms with E-state index in [0.717, 1.165) is 40.7 Å². The predicted molar refractivity (Wildman–Crippen MR) is 136 cm³/mol. The fourth-order valence-electron chi connectivity index (χ4n) is 3.92. The van der Waals surface area contributed by atoms with Gasteiger partial charge in [-0.1, -0.05) is 30.3 Å². The second-order valence-corrected chi connectivity index (χ2v) is 10.6. The van der Waals surface area contributed by atoms with E-state index in [1.807, 2.05) is 0 Å². The summed E-state index contributed by atoms with van der Waals surface area (Å²) in [6.07, 6.45) is -9.68. The van der Waals surface area contributed by atoms with E-state index >= 15 is 0 Å². The molecule has 4 rings (SSSR count). The molecule has 1 heterocycles. The van der Waals surface area contributed by atoms with Gasteiger partial charge in [0.05, 0.1) is 23.7 Å². The highest BCUT2D eigenvalue weighted by Gasteiger charge is 2.44. The van der Waals surface area contributed by atoms with E-state index in [-0.39, 0.29) is 46.6 Å². The largest absolute Gasteiger partial charge is 0.484 e. The number of amides is 2. The molecule has 0 bridgehead atoms. The summed E-state index contributed by atoms with van der Waals surface area (Å²) >= 11 is 0. The first kappa shape index (κ1) is 28.7. The van der Waals surface area contributed by atoms with E-state index < -0.39 is 40.3 Å². The molecule has 0 saturated carbocycles. The summed E-state index contributed by atoms with van der Waals surface area (Å²) in [5, 5.41) is 4.74. The minimum atomic E-state index is -4.90. The van der Waals surface area contributed by atoms with Crippen LogP contribution in [0, 0.1) is 5.82 Å². The lowest BCUT2D eigenvalue weighted by Crippen LogP contribution is -2.48. The van der Waals surface area contributed by atoms with Gasteiger partial charge in [0.15, 0.2) is 0 Å². The topological polar surface area (TPSA) is 114 Å². The molecule has 1 aliphatic rings. The normalized spacial score (nSPS) is 15.8. The molecule has 212 valence electrons. The summed E-state index contributed by atoms with van der Waals surface area (Å²) in [6.45, 7) is 0.974. The Hall–Kier alpha value is -4.33. The molecule has 0 aliphatic carbocycles. The lowest BCUT2D eigenvalue weighted by Gasteiger charge is -2.35. The molecule has 2 atom stereocenters. The van der Waals surface area contributed by atoms with Gasteiger partial charge in [-0.25, -0.2) is 17.6 Å². The number of halogens is 4. The number of hydrogen-bond donors (Lipinski definition) is 2. The van der Waals surface area contributed by atoms with Crippen molar-refractivity contribution in [2.24, 2.45) is 0 Å². The van der Waals surface area contributed by atoms with Crippen molar-refractivity contribution in [1.29, 1.82) is 0 Å². The molecule has 3 aromatic carbocycles. The van der Waals surface area contributed by atoms with Crippen molar-refractivity contribution >= 4 is 33.4 Å². The van der Waals surface area contributed by atoms with Gasteiger partial charge in [0.2, 0.25) is 12.0 Å². The number of benzene rings is 3. The Morgan fingerprint density at radius 3 is 2.38 bits per heavy atom. The first-order valence-electron chi connectivity index (χ1n) is 11.8. The van der Waals surface area contributed by atoms with Crippen molar-refractivity contribution in [2.45, 2.75) is 30.2 Å². The van der Waals surface area contributed by atoms with Gasteiger partial charge in [0.25, 0.3) is 10.0 Å². The third kappa shape index (κ3) is 6.62. The minimum Gasteiger partial charge on any atom is -0.484 e. The number of hydrogen-bond acceptors (Lipinski definition) is 6. The van der Waals surface area contributed by atoms with Crippen LogP contribution in [0.3, 0.4) is 0 Å². The molecule has 14 heteroatoms. The molecule has 3 aromatic rings. The molecular formula is C26H23F4N3O6S. The van der Waals surface area contributed by atoms with Gasteiger partial charge in [-0.2, -0.15) is 13.2 Å². The SMILES string of the molecule is CC(=O)NCC1CN(S(=O)(=O)c2ccc(F)cc2)c2cc(NC(=O)OC(c3ccccc3)C(F)(F)F)ccc2O1. The second-order valence-electron chi connectivity index (χ2n) is 8.71. The average molecular weight is 582 g/mol. The minimum absolute atomic E-state index is 0.0329. The number of nitrogens with one attached hydrogen (secondary N) is 2. The molecule has 2 amide bonds. The summed E-state index contributed by atoms with van der Waals surface area (Å²) in [4.78, 5) is 23.6. The van der Waals surface area contributed by atoms with Gasteiger partial charge in [-0.05, 0) is 42.5 Å². The molecule has 40 heavy (non-hydrogen) atoms. The molecule has 2 N–H and O–H groups in total. The van der Waals surface area contributed by atoms with Crippen LogP contribution < -0.4 is 19.7 Å². The Kier molecular flexibility index (Phi) is 8.18. The van der Waals surface area contributed by atoms with Gasteiger partial charge in [0.1, 0.15) is 17.7 Å². The van der Waals surface area contributed by atoms with Crippen molar-refractivity contribution in [3.05, 3.63) is 84.2 Å². The number of rotatable bonds is 7. The zero-order valence-corrected chi connectivity index (χ0v) is 21.6. The van der Waals surface area contributed by atoms with E-state index in [0.29, 0.717) is 0 Å². The van der Waals surface area contributed by atoms with Crippen molar-refractivity contribution in [1.82, 2.24) is 5.32 Å². The number of carbonyl (C=O) groups is 2. The number of nitrogens with zero attached hydrogens (tertiary/aromatic N) is 1. The number of anilines is 2. The number of sulfonamides is 1. The first-order valence-corrected chi connectivity index (χ1v) is 13.2. The summed E-state index contributed by atoms with van der Waals surface area (Å²) in [7, 11) is -4.30. The highest BCUT2D eigenvalue weighted by molar-refractivity contribution is 7.92. The zero-order chi connectivity index (χ0) is 29.1. The molecule has 2 unspecified atom stereocenters. The molecular weight excluding hydrogens is 558 g/mol. The van der Waals surface area contributed by atoms with Crippen LogP contribution in [0.15, 0.2) is 77.7 Å². The van der Waals surface area contributed by atoms with Crippen LogP contribution in [0.2, 0.25) is 0 Å². The Balaban J connectivity index is 1.63. The molecule has 0 spiro atoms. The molecule has 9 nitrogen and oxygen atoms in total. The first-order chi connectivity index (χ1) is 18.8. The summed E-state index contributed by atoms with van der Waals surface area (Å²) < 4.78 is 92.7. The molecule has 0 radical (unpaired) electrons. The predicted octanol–water partition coefficient (Wildman–Crippen LogP) is 4.77. The van der Waals surface area contributed by atoms with Gasteiger partial charge in [-0.3, -0.25) is 14.4 Å². The standard InChI is InChI=1S/C26H23F4N3O6S/c1-16(34)31-14-20-15-33(40(36,37)21-10-7-18(27)8-11-21)22-13-19(9-12-23(22)38-20)32-25(35)39-24(26(28,29)30)17-5-3-2-4-6-17/h2-13,20,24H,14-15H2,1H3,(H,31,34)(H,32,35). The third-order valence-electron chi connectivity index (χ3n) is 5.74. The molecule has 0 aromatic heterocycles. The lowest BCUT2D eigenvalue weighted by atomic mass is 10.1. The number of alkyl halides is 3. The monoisotopic (exact) mass is 581 g/mol. The maximum Gasteiger partial charge on any atom is 0.429 e. The van der Waals surface area contributed by atoms with Crippen LogP contribution in [0.5, 0.6) is 5.75 Å². The fraction of sp³-hybridized carbons (Fsp3) is 0.231. The molecule has 1 aliphatic heterocycles. The number of carbonyl (C=O) groups excluding carboxylic acids is 2.